The summed E-state index contributed by atoms with van der Waals surface area (Å²) in [7, 11) is 0. The van der Waals surface area contributed by atoms with Gasteiger partial charge < -0.3 is 46.7 Å². The molecule has 0 aromatic carbocycles. The molecule has 1 saturated heterocycles. The number of aliphatic hydroxyl groups excluding tert-OH is 1. The highest BCUT2D eigenvalue weighted by atomic mass is 19.4. The monoisotopic (exact) mass is 721 g/mol. The molecule has 2 aromatic heterocycles. The first kappa shape index (κ1) is 42.0. The summed E-state index contributed by atoms with van der Waals surface area (Å²) in [5, 5.41) is 25.1. The molecule has 1 fully saturated rings. The van der Waals surface area contributed by atoms with E-state index in [0.717, 1.165) is 0 Å². The van der Waals surface area contributed by atoms with E-state index in [2.05, 4.69) is 15.0 Å². The number of aliphatic hydroxyl groups is 1. The highest BCUT2D eigenvalue weighted by Gasteiger charge is 2.48. The third kappa shape index (κ3) is 13.6. The average molecular weight is 722 g/mol. The van der Waals surface area contributed by atoms with Crippen molar-refractivity contribution < 1.29 is 84.6 Å². The van der Waals surface area contributed by atoms with Crippen LogP contribution in [0, 0.1) is 0 Å². The Morgan fingerprint density at radius 1 is 0.837 bits per heavy atom. The van der Waals surface area contributed by atoms with Gasteiger partial charge in [-0.3, -0.25) is 23.7 Å². The van der Waals surface area contributed by atoms with Crippen molar-refractivity contribution in [2.24, 2.45) is 11.5 Å². The van der Waals surface area contributed by atoms with E-state index in [9.17, 15) is 50.6 Å². The fourth-order valence-electron chi connectivity index (χ4n) is 3.41. The number of nitrogen functional groups attached to an aromatic ring is 1. The zero-order chi connectivity index (χ0) is 37.7. The van der Waals surface area contributed by atoms with Crippen LogP contribution in [0.25, 0.3) is 11.2 Å². The Kier molecular flexibility index (Phi) is 15.9. The molecule has 0 bridgehead atoms. The van der Waals surface area contributed by atoms with E-state index in [1.54, 1.807) is 0 Å². The molecule has 25 heteroatoms. The van der Waals surface area contributed by atoms with E-state index >= 15 is 0 Å². The lowest BCUT2D eigenvalue weighted by atomic mass is 10.1. The van der Waals surface area contributed by atoms with Crippen LogP contribution >= 0.6 is 0 Å². The molecule has 0 radical (unpaired) electrons. The number of carbonyl (C=O) groups excluding carboxylic acids is 4. The first-order chi connectivity index (χ1) is 22.6. The minimum atomic E-state index is -5.08. The van der Waals surface area contributed by atoms with Crippen LogP contribution in [0.4, 0.5) is 32.2 Å². The number of nitrogens with two attached hydrogens (primary N) is 3. The number of fused-ring (bicyclic) bond motifs is 1. The molecule has 1 aliphatic heterocycles. The van der Waals surface area contributed by atoms with Crippen molar-refractivity contribution in [1.82, 2.24) is 19.5 Å². The normalized spacial score (nSPS) is 18.7. The van der Waals surface area contributed by atoms with Gasteiger partial charge in [-0.15, -0.1) is 0 Å². The summed E-state index contributed by atoms with van der Waals surface area (Å²) in [5.41, 5.74) is 16.8. The van der Waals surface area contributed by atoms with E-state index in [1.165, 1.54) is 17.2 Å². The molecule has 1 aliphatic rings. The largest absolute Gasteiger partial charge is 0.490 e. The molecule has 0 aliphatic carbocycles. The quantitative estimate of drug-likeness (QED) is 0.113. The van der Waals surface area contributed by atoms with Crippen molar-refractivity contribution in [3.8, 4) is 0 Å². The summed E-state index contributed by atoms with van der Waals surface area (Å²) in [5.74, 6) is -7.48. The summed E-state index contributed by atoms with van der Waals surface area (Å²) in [6.45, 7) is -0.773. The standard InChI is InChI=1S/C20H27N7O8.2C2HF3O2/c21-5-10(28)1-3-13(30)33-7-12-16(32)17(35-14(31)4-2-11(29)6-22)20(34-12)27-9-26-15-18(23)24-8-25-19(15)27;2*3-2(4,5)1(6)7/h8-9,12,16-17,20,32H,1-7,21-22H2,(H2,23,24,25);2*(H,6,7)/t12-,16-,17-,20-;;/m1../s1. The van der Waals surface area contributed by atoms with Crippen molar-refractivity contribution in [3.05, 3.63) is 12.7 Å². The van der Waals surface area contributed by atoms with Gasteiger partial charge in [0.25, 0.3) is 0 Å². The lowest BCUT2D eigenvalue weighted by Crippen LogP contribution is -2.37. The van der Waals surface area contributed by atoms with Gasteiger partial charge >= 0.3 is 36.2 Å². The summed E-state index contributed by atoms with van der Waals surface area (Å²) in [6.07, 6.45) is -13.1. The van der Waals surface area contributed by atoms with E-state index in [1.807, 2.05) is 0 Å². The van der Waals surface area contributed by atoms with Crippen LogP contribution in [-0.2, 0) is 43.0 Å². The number of ketones is 2. The minimum Gasteiger partial charge on any atom is -0.475 e. The fourth-order valence-corrected chi connectivity index (χ4v) is 3.41. The number of nitrogens with zero attached hydrogens (tertiary/aromatic N) is 4. The maximum absolute atomic E-state index is 12.4. The number of Topliss-reactive ketones (excluding diaryl/α,β-unsaturated/α-hetero) is 2. The molecule has 0 saturated carbocycles. The van der Waals surface area contributed by atoms with Gasteiger partial charge in [-0.05, 0) is 0 Å². The number of hydrogen-bond acceptors (Lipinski definition) is 16. The maximum Gasteiger partial charge on any atom is 0.490 e. The van der Waals surface area contributed by atoms with Crippen molar-refractivity contribution in [2.75, 3.05) is 25.4 Å². The number of esters is 2. The summed E-state index contributed by atoms with van der Waals surface area (Å²) in [6, 6.07) is 0. The Hall–Kier alpha value is -5.01. The zero-order valence-electron chi connectivity index (χ0n) is 24.7. The molecule has 0 unspecified atom stereocenters. The summed E-state index contributed by atoms with van der Waals surface area (Å²) >= 11 is 0. The number of hydrogen-bond donors (Lipinski definition) is 6. The van der Waals surface area contributed by atoms with E-state index in [0.29, 0.717) is 0 Å². The number of alkyl halides is 6. The third-order valence-electron chi connectivity index (χ3n) is 5.81. The number of rotatable bonds is 12. The van der Waals surface area contributed by atoms with Gasteiger partial charge in [0.2, 0.25) is 0 Å². The first-order valence-electron chi connectivity index (χ1n) is 13.3. The Morgan fingerprint density at radius 2 is 1.33 bits per heavy atom. The second-order valence-electron chi connectivity index (χ2n) is 9.37. The van der Waals surface area contributed by atoms with Crippen molar-refractivity contribution >= 4 is 52.4 Å². The number of aliphatic carboxylic acids is 2. The SMILES string of the molecule is NCC(=O)CCC(=O)OC[C@H]1O[C@@H](n2cnc3c(N)ncnc32)[C@H](OC(=O)CCC(=O)CN)[C@@H]1O.O=C(O)C(F)(F)F.O=C(O)C(F)(F)F. The molecule has 3 rings (SSSR count). The van der Waals surface area contributed by atoms with Gasteiger partial charge in [0.1, 0.15) is 42.2 Å². The van der Waals surface area contributed by atoms with Gasteiger partial charge in [-0.2, -0.15) is 26.3 Å². The van der Waals surface area contributed by atoms with Gasteiger partial charge in [0, 0.05) is 12.8 Å². The Balaban J connectivity index is 0.000000717. The van der Waals surface area contributed by atoms with Crippen LogP contribution < -0.4 is 17.2 Å². The van der Waals surface area contributed by atoms with Crippen molar-refractivity contribution in [3.63, 3.8) is 0 Å². The number of anilines is 1. The topological polar surface area (TPSA) is 312 Å². The molecule has 0 spiro atoms. The van der Waals surface area contributed by atoms with Crippen LogP contribution in [0.1, 0.15) is 31.9 Å². The molecule has 9 N–H and O–H groups in total. The van der Waals surface area contributed by atoms with Gasteiger partial charge in [0.05, 0.1) is 32.3 Å². The number of ether oxygens (including phenoxy) is 3. The van der Waals surface area contributed by atoms with Gasteiger partial charge in [0.15, 0.2) is 23.8 Å². The number of aromatic nitrogens is 4. The smallest absolute Gasteiger partial charge is 0.475 e. The molecule has 0 amide bonds. The van der Waals surface area contributed by atoms with Crippen molar-refractivity contribution in [2.45, 2.75) is 62.6 Å². The molecule has 4 atom stereocenters. The van der Waals surface area contributed by atoms with Crippen LogP contribution in [0.3, 0.4) is 0 Å². The Morgan fingerprint density at radius 3 is 1.80 bits per heavy atom. The molecule has 19 nitrogen and oxygen atoms in total. The number of carboxylic acids is 2. The van der Waals surface area contributed by atoms with Gasteiger partial charge in [-0.25, -0.2) is 24.5 Å². The molecular formula is C24H29F6N7O12. The van der Waals surface area contributed by atoms with E-state index in [4.69, 9.17) is 51.2 Å². The van der Waals surface area contributed by atoms with Crippen LogP contribution in [0.15, 0.2) is 12.7 Å². The minimum absolute atomic E-state index is 0.0735. The van der Waals surface area contributed by atoms with Crippen LogP contribution in [0.2, 0.25) is 0 Å². The predicted molar refractivity (Wildman–Crippen MR) is 144 cm³/mol. The summed E-state index contributed by atoms with van der Waals surface area (Å²) < 4.78 is 81.3. The predicted octanol–water partition coefficient (Wildman–Crippen LogP) is -0.996. The van der Waals surface area contributed by atoms with E-state index in [-0.39, 0.29) is 73.9 Å². The number of carbonyl (C=O) groups is 6. The second-order valence-corrected chi connectivity index (χ2v) is 9.37. The molecule has 49 heavy (non-hydrogen) atoms. The number of imidazole rings is 1. The second kappa shape index (κ2) is 18.5. The molecular weight excluding hydrogens is 692 g/mol. The Bertz CT molecular complexity index is 1460. The zero-order valence-corrected chi connectivity index (χ0v) is 24.7. The molecule has 2 aromatic rings. The van der Waals surface area contributed by atoms with E-state index < -0.39 is 60.8 Å². The summed E-state index contributed by atoms with van der Waals surface area (Å²) in [4.78, 5) is 77.0. The average Bonchev–Trinajstić information content (AvgIpc) is 3.58. The van der Waals surface area contributed by atoms with Crippen LogP contribution in [-0.4, -0.2) is 121 Å². The van der Waals surface area contributed by atoms with Crippen molar-refractivity contribution in [1.29, 1.82) is 0 Å². The molecule has 274 valence electrons. The lowest BCUT2D eigenvalue weighted by Gasteiger charge is -2.21. The lowest BCUT2D eigenvalue weighted by molar-refractivity contribution is -0.193. The fraction of sp³-hybridized carbons (Fsp3) is 0.542. The number of halogens is 6. The van der Waals surface area contributed by atoms with Gasteiger partial charge in [-0.1, -0.05) is 0 Å². The first-order valence-corrected chi connectivity index (χ1v) is 13.3. The highest BCUT2D eigenvalue weighted by molar-refractivity contribution is 5.85. The maximum atomic E-state index is 12.4. The number of carboxylic acid groups (broad SMARTS) is 2. The van der Waals surface area contributed by atoms with Crippen LogP contribution in [0.5, 0.6) is 0 Å². The third-order valence-corrected chi connectivity index (χ3v) is 5.81. The Labute approximate surface area is 269 Å². The molecule has 3 heterocycles. The highest BCUT2D eigenvalue weighted by Crippen LogP contribution is 2.34.